The van der Waals surface area contributed by atoms with Gasteiger partial charge in [0, 0.05) is 31.3 Å². The summed E-state index contributed by atoms with van der Waals surface area (Å²) in [6, 6.07) is 10.2. The van der Waals surface area contributed by atoms with Crippen LogP contribution in [0.1, 0.15) is 19.3 Å². The van der Waals surface area contributed by atoms with Gasteiger partial charge in [0.15, 0.2) is 0 Å². The minimum Gasteiger partial charge on any atom is -0.489 e. The number of hydrogen-bond acceptors (Lipinski definition) is 4. The van der Waals surface area contributed by atoms with E-state index in [-0.39, 0.29) is 11.7 Å². The summed E-state index contributed by atoms with van der Waals surface area (Å²) in [7, 11) is 0. The highest BCUT2D eigenvalue weighted by Gasteiger charge is 2.41. The molecule has 2 aromatic rings. The SMILES string of the molecule is c1ccc2ncc(OC3CCOC4(CCOC4)C3)cc2c1. The monoisotopic (exact) mass is 285 g/mol. The van der Waals surface area contributed by atoms with Crippen molar-refractivity contribution in [2.45, 2.75) is 31.0 Å². The average Bonchev–Trinajstić information content (AvgIpc) is 2.95. The Bertz CT molecular complexity index is 637. The Morgan fingerprint density at radius 3 is 3.10 bits per heavy atom. The molecule has 0 bridgehead atoms. The minimum absolute atomic E-state index is 0.118. The number of pyridine rings is 1. The van der Waals surface area contributed by atoms with Gasteiger partial charge in [0.25, 0.3) is 0 Å². The maximum absolute atomic E-state index is 6.15. The molecule has 1 aromatic carbocycles. The van der Waals surface area contributed by atoms with Gasteiger partial charge >= 0.3 is 0 Å². The highest BCUT2D eigenvalue weighted by molar-refractivity contribution is 5.79. The molecule has 4 heteroatoms. The topological polar surface area (TPSA) is 40.6 Å². The van der Waals surface area contributed by atoms with Crippen molar-refractivity contribution < 1.29 is 14.2 Å². The van der Waals surface area contributed by atoms with Crippen LogP contribution in [0.15, 0.2) is 36.5 Å². The zero-order valence-electron chi connectivity index (χ0n) is 12.0. The standard InChI is InChI=1S/C17H19NO3/c1-2-4-16-13(3-1)9-15(11-18-16)21-14-5-7-20-17(10-14)6-8-19-12-17/h1-4,9,11,14H,5-8,10,12H2. The van der Waals surface area contributed by atoms with Gasteiger partial charge in [-0.3, -0.25) is 4.98 Å². The largest absolute Gasteiger partial charge is 0.489 e. The smallest absolute Gasteiger partial charge is 0.138 e. The van der Waals surface area contributed by atoms with Crippen LogP contribution in [0.3, 0.4) is 0 Å². The first-order chi connectivity index (χ1) is 10.3. The molecule has 110 valence electrons. The Morgan fingerprint density at radius 1 is 1.24 bits per heavy atom. The summed E-state index contributed by atoms with van der Waals surface area (Å²) in [6.45, 7) is 2.24. The summed E-state index contributed by atoms with van der Waals surface area (Å²) < 4.78 is 17.6. The fourth-order valence-corrected chi connectivity index (χ4v) is 3.25. The molecule has 2 saturated heterocycles. The first kappa shape index (κ1) is 13.0. The summed E-state index contributed by atoms with van der Waals surface area (Å²) in [6.07, 6.45) is 4.80. The third-order valence-corrected chi connectivity index (χ3v) is 4.38. The molecule has 2 fully saturated rings. The zero-order valence-corrected chi connectivity index (χ0v) is 12.0. The van der Waals surface area contributed by atoms with Gasteiger partial charge in [-0.25, -0.2) is 0 Å². The van der Waals surface area contributed by atoms with Crippen molar-refractivity contribution in [3.63, 3.8) is 0 Å². The lowest BCUT2D eigenvalue weighted by molar-refractivity contribution is -0.112. The maximum Gasteiger partial charge on any atom is 0.138 e. The number of aromatic nitrogens is 1. The molecule has 1 aromatic heterocycles. The minimum atomic E-state index is -0.118. The lowest BCUT2D eigenvalue weighted by Gasteiger charge is -2.36. The Hall–Kier alpha value is -1.65. The predicted octanol–water partition coefficient (Wildman–Crippen LogP) is 2.95. The Balaban J connectivity index is 1.51. The molecule has 2 aliphatic rings. The van der Waals surface area contributed by atoms with Crippen molar-refractivity contribution in [3.05, 3.63) is 36.5 Å². The van der Waals surface area contributed by atoms with Crippen molar-refractivity contribution >= 4 is 10.9 Å². The van der Waals surface area contributed by atoms with E-state index in [9.17, 15) is 0 Å². The molecule has 0 aliphatic carbocycles. The normalized spacial score (nSPS) is 29.0. The molecular weight excluding hydrogens is 266 g/mol. The number of para-hydroxylation sites is 1. The number of fused-ring (bicyclic) bond motifs is 1. The van der Waals surface area contributed by atoms with Gasteiger partial charge in [-0.1, -0.05) is 18.2 Å². The highest BCUT2D eigenvalue weighted by Crippen LogP contribution is 2.34. The molecular formula is C17H19NO3. The van der Waals surface area contributed by atoms with E-state index in [1.807, 2.05) is 24.4 Å². The van der Waals surface area contributed by atoms with Crippen molar-refractivity contribution in [3.8, 4) is 5.75 Å². The van der Waals surface area contributed by atoms with E-state index in [1.54, 1.807) is 0 Å². The van der Waals surface area contributed by atoms with Crippen molar-refractivity contribution in [2.75, 3.05) is 19.8 Å². The van der Waals surface area contributed by atoms with Crippen LogP contribution in [-0.4, -0.2) is 36.5 Å². The van der Waals surface area contributed by atoms with Crippen LogP contribution in [0.2, 0.25) is 0 Å². The molecule has 21 heavy (non-hydrogen) atoms. The average molecular weight is 285 g/mol. The van der Waals surface area contributed by atoms with E-state index in [4.69, 9.17) is 14.2 Å². The quantitative estimate of drug-likeness (QED) is 0.850. The predicted molar refractivity (Wildman–Crippen MR) is 79.5 cm³/mol. The van der Waals surface area contributed by atoms with Gasteiger partial charge in [0.1, 0.15) is 11.9 Å². The van der Waals surface area contributed by atoms with Crippen LogP contribution in [0, 0.1) is 0 Å². The van der Waals surface area contributed by atoms with Gasteiger partial charge in [-0.15, -0.1) is 0 Å². The molecule has 1 spiro atoms. The molecule has 4 nitrogen and oxygen atoms in total. The summed E-state index contributed by atoms with van der Waals surface area (Å²) in [5.74, 6) is 0.842. The maximum atomic E-state index is 6.15. The van der Waals surface area contributed by atoms with Gasteiger partial charge < -0.3 is 14.2 Å². The summed E-state index contributed by atoms with van der Waals surface area (Å²) in [5, 5.41) is 1.11. The second-order valence-electron chi connectivity index (χ2n) is 5.93. The fourth-order valence-electron chi connectivity index (χ4n) is 3.25. The first-order valence-corrected chi connectivity index (χ1v) is 7.56. The van der Waals surface area contributed by atoms with Crippen LogP contribution in [0.4, 0.5) is 0 Å². The highest BCUT2D eigenvalue weighted by atomic mass is 16.6. The molecule has 4 rings (SSSR count). The van der Waals surface area contributed by atoms with Gasteiger partial charge in [-0.05, 0) is 12.1 Å². The van der Waals surface area contributed by atoms with Gasteiger partial charge in [0.05, 0.1) is 30.5 Å². The molecule has 0 amide bonds. The lowest BCUT2D eigenvalue weighted by atomic mass is 9.91. The Morgan fingerprint density at radius 2 is 2.19 bits per heavy atom. The molecule has 2 aliphatic heterocycles. The molecule has 3 heterocycles. The van der Waals surface area contributed by atoms with E-state index in [0.29, 0.717) is 6.61 Å². The van der Waals surface area contributed by atoms with Crippen LogP contribution in [0.5, 0.6) is 5.75 Å². The number of benzene rings is 1. The van der Waals surface area contributed by atoms with E-state index in [0.717, 1.165) is 49.1 Å². The molecule has 0 saturated carbocycles. The number of ether oxygens (including phenoxy) is 3. The third kappa shape index (κ3) is 2.61. The Labute approximate surface area is 124 Å². The number of hydrogen-bond donors (Lipinski definition) is 0. The zero-order chi connectivity index (χ0) is 14.1. The molecule has 2 unspecified atom stereocenters. The fraction of sp³-hybridized carbons (Fsp3) is 0.471. The van der Waals surface area contributed by atoms with Crippen LogP contribution >= 0.6 is 0 Å². The van der Waals surface area contributed by atoms with Crippen LogP contribution < -0.4 is 4.74 Å². The molecule has 0 N–H and O–H groups in total. The third-order valence-electron chi connectivity index (χ3n) is 4.38. The van der Waals surface area contributed by atoms with Crippen molar-refractivity contribution in [2.24, 2.45) is 0 Å². The summed E-state index contributed by atoms with van der Waals surface area (Å²) in [4.78, 5) is 4.45. The Kier molecular flexibility index (Phi) is 3.28. The molecule has 2 atom stereocenters. The summed E-state index contributed by atoms with van der Waals surface area (Å²) in [5.41, 5.74) is 0.880. The number of rotatable bonds is 2. The van der Waals surface area contributed by atoms with E-state index >= 15 is 0 Å². The van der Waals surface area contributed by atoms with Crippen molar-refractivity contribution in [1.29, 1.82) is 0 Å². The second-order valence-corrected chi connectivity index (χ2v) is 5.93. The van der Waals surface area contributed by atoms with Crippen LogP contribution in [-0.2, 0) is 9.47 Å². The molecule has 0 radical (unpaired) electrons. The second kappa shape index (κ2) is 5.28. The van der Waals surface area contributed by atoms with Gasteiger partial charge in [-0.2, -0.15) is 0 Å². The van der Waals surface area contributed by atoms with E-state index in [1.165, 1.54) is 0 Å². The number of nitrogens with zero attached hydrogens (tertiary/aromatic N) is 1. The first-order valence-electron chi connectivity index (χ1n) is 7.56. The van der Waals surface area contributed by atoms with Crippen molar-refractivity contribution in [1.82, 2.24) is 4.98 Å². The summed E-state index contributed by atoms with van der Waals surface area (Å²) >= 11 is 0. The van der Waals surface area contributed by atoms with E-state index in [2.05, 4.69) is 17.1 Å². The lowest BCUT2D eigenvalue weighted by Crippen LogP contribution is -2.44. The van der Waals surface area contributed by atoms with Gasteiger partial charge in [0.2, 0.25) is 0 Å². The van der Waals surface area contributed by atoms with E-state index < -0.39 is 0 Å². The van der Waals surface area contributed by atoms with Crippen LogP contribution in [0.25, 0.3) is 10.9 Å².